The molecule has 134 valence electrons. The number of nitrogens with zero attached hydrogens (tertiary/aromatic N) is 5. The summed E-state index contributed by atoms with van der Waals surface area (Å²) in [6.45, 7) is 0. The van der Waals surface area contributed by atoms with E-state index in [9.17, 15) is 4.39 Å². The molecule has 0 bridgehead atoms. The Labute approximate surface area is 154 Å². The van der Waals surface area contributed by atoms with Crippen LogP contribution in [0.5, 0.6) is 11.6 Å². The van der Waals surface area contributed by atoms with Crippen LogP contribution in [-0.4, -0.2) is 25.0 Å². The zero-order valence-corrected chi connectivity index (χ0v) is 14.2. The number of anilines is 1. The highest BCUT2D eigenvalue weighted by atomic mass is 19.1. The largest absolute Gasteiger partial charge is 0.439 e. The summed E-state index contributed by atoms with van der Waals surface area (Å²) in [4.78, 5) is 7.76. The van der Waals surface area contributed by atoms with Crippen molar-refractivity contribution in [3.8, 4) is 17.3 Å². The van der Waals surface area contributed by atoms with Gasteiger partial charge >= 0.3 is 0 Å². The van der Waals surface area contributed by atoms with Crippen molar-refractivity contribution in [2.75, 3.05) is 5.73 Å². The number of benzene rings is 1. The van der Waals surface area contributed by atoms with Gasteiger partial charge in [-0.15, -0.1) is 5.10 Å². The third-order valence-electron chi connectivity index (χ3n) is 3.88. The van der Waals surface area contributed by atoms with Gasteiger partial charge in [0, 0.05) is 18.7 Å². The lowest BCUT2D eigenvalue weighted by molar-refractivity contribution is 0.445. The highest BCUT2D eigenvalue weighted by molar-refractivity contribution is 5.51. The van der Waals surface area contributed by atoms with E-state index in [1.807, 2.05) is 18.2 Å². The molecule has 0 aliphatic rings. The lowest BCUT2D eigenvalue weighted by Crippen LogP contribution is -2.07. The van der Waals surface area contributed by atoms with Gasteiger partial charge in [-0.05, 0) is 35.9 Å². The fraction of sp³-hybridized carbons (Fsp3) is 0.0526. The molecular weight excluding hydrogens is 347 g/mol. The molecule has 2 N–H and O–H groups in total. The first kappa shape index (κ1) is 16.6. The normalized spacial score (nSPS) is 10.7. The van der Waals surface area contributed by atoms with Gasteiger partial charge in [0.05, 0.1) is 11.9 Å². The Kier molecular flexibility index (Phi) is 4.44. The first-order chi connectivity index (χ1) is 13.2. The first-order valence-corrected chi connectivity index (χ1v) is 8.19. The number of hydrogen-bond donors (Lipinski definition) is 1. The van der Waals surface area contributed by atoms with E-state index in [4.69, 9.17) is 10.5 Å². The molecule has 3 aromatic heterocycles. The molecule has 3 heterocycles. The van der Waals surface area contributed by atoms with Crippen molar-refractivity contribution in [3.05, 3.63) is 84.2 Å². The molecule has 8 heteroatoms. The molecular formula is C19H15FN6O. The van der Waals surface area contributed by atoms with Crippen LogP contribution in [0, 0.1) is 5.95 Å². The summed E-state index contributed by atoms with van der Waals surface area (Å²) in [5.41, 5.74) is 8.51. The Balaban J connectivity index is 1.51. The van der Waals surface area contributed by atoms with Gasteiger partial charge in [-0.2, -0.15) is 9.37 Å². The third kappa shape index (κ3) is 3.74. The van der Waals surface area contributed by atoms with Crippen molar-refractivity contribution in [3.63, 3.8) is 0 Å². The van der Waals surface area contributed by atoms with Crippen LogP contribution in [0.15, 0.2) is 67.0 Å². The smallest absolute Gasteiger partial charge is 0.221 e. The average Bonchev–Trinajstić information content (AvgIpc) is 3.12. The molecule has 0 atom stereocenters. The molecule has 7 nitrogen and oxygen atoms in total. The Morgan fingerprint density at radius 3 is 2.67 bits per heavy atom. The predicted molar refractivity (Wildman–Crippen MR) is 97.1 cm³/mol. The third-order valence-corrected chi connectivity index (χ3v) is 3.88. The van der Waals surface area contributed by atoms with Gasteiger partial charge in [-0.3, -0.25) is 0 Å². The summed E-state index contributed by atoms with van der Waals surface area (Å²) in [5, 5.41) is 8.08. The van der Waals surface area contributed by atoms with Crippen molar-refractivity contribution in [2.24, 2.45) is 0 Å². The van der Waals surface area contributed by atoms with Crippen LogP contribution < -0.4 is 10.5 Å². The number of rotatable bonds is 5. The second-order valence-electron chi connectivity index (χ2n) is 5.77. The summed E-state index contributed by atoms with van der Waals surface area (Å²) in [5.74, 6) is 0.576. The van der Waals surface area contributed by atoms with Gasteiger partial charge in [-0.25, -0.2) is 9.67 Å². The summed E-state index contributed by atoms with van der Waals surface area (Å²) in [6, 6.07) is 15.5. The Bertz CT molecular complexity index is 1060. The maximum absolute atomic E-state index is 13.1. The molecule has 0 saturated carbocycles. The molecule has 1 aromatic carbocycles. The van der Waals surface area contributed by atoms with E-state index in [1.165, 1.54) is 6.07 Å². The molecule has 27 heavy (non-hydrogen) atoms. The van der Waals surface area contributed by atoms with Crippen molar-refractivity contribution in [1.29, 1.82) is 0 Å². The molecule has 0 amide bonds. The molecule has 0 aliphatic carbocycles. The van der Waals surface area contributed by atoms with Gasteiger partial charge in [0.25, 0.3) is 0 Å². The lowest BCUT2D eigenvalue weighted by atomic mass is 10.1. The molecule has 4 rings (SSSR count). The Morgan fingerprint density at radius 2 is 1.89 bits per heavy atom. The highest BCUT2D eigenvalue weighted by Gasteiger charge is 2.10. The quantitative estimate of drug-likeness (QED) is 0.548. The van der Waals surface area contributed by atoms with Crippen LogP contribution in [0.2, 0.25) is 0 Å². The van der Waals surface area contributed by atoms with E-state index in [0.29, 0.717) is 23.7 Å². The summed E-state index contributed by atoms with van der Waals surface area (Å²) in [6.07, 6.45) is 3.91. The predicted octanol–water partition coefficient (Wildman–Crippen LogP) is 3.16. The standard InChI is InChI=1S/C19H15FN6O/c20-17-4-1-5-18(24-17)27-15-8-6-13(7-9-15)11-14-12-23-25-26(14)16-3-2-10-22-19(16)21/h1-10,12H,11H2,(H2,21,22). The van der Waals surface area contributed by atoms with E-state index in [1.54, 1.807) is 47.4 Å². The first-order valence-electron chi connectivity index (χ1n) is 8.19. The number of ether oxygens (including phenoxy) is 1. The van der Waals surface area contributed by atoms with E-state index in [-0.39, 0.29) is 5.88 Å². The summed E-state index contributed by atoms with van der Waals surface area (Å²) < 4.78 is 20.4. The fourth-order valence-corrected chi connectivity index (χ4v) is 2.62. The van der Waals surface area contributed by atoms with Crippen LogP contribution in [0.4, 0.5) is 10.2 Å². The molecule has 0 spiro atoms. The van der Waals surface area contributed by atoms with Crippen molar-refractivity contribution >= 4 is 5.82 Å². The van der Waals surface area contributed by atoms with Crippen LogP contribution in [0.3, 0.4) is 0 Å². The molecule has 0 unspecified atom stereocenters. The molecule has 0 fully saturated rings. The molecule has 0 aliphatic heterocycles. The maximum Gasteiger partial charge on any atom is 0.221 e. The summed E-state index contributed by atoms with van der Waals surface area (Å²) >= 11 is 0. The second kappa shape index (κ2) is 7.20. The van der Waals surface area contributed by atoms with Gasteiger partial charge < -0.3 is 10.5 Å². The van der Waals surface area contributed by atoms with Gasteiger partial charge in [0.15, 0.2) is 0 Å². The number of nitrogen functional groups attached to an aromatic ring is 1. The van der Waals surface area contributed by atoms with Crippen molar-refractivity contribution < 1.29 is 9.13 Å². The van der Waals surface area contributed by atoms with Gasteiger partial charge in [0.1, 0.15) is 17.3 Å². The second-order valence-corrected chi connectivity index (χ2v) is 5.77. The zero-order valence-electron chi connectivity index (χ0n) is 14.2. The minimum atomic E-state index is -0.584. The Morgan fingerprint density at radius 1 is 1.04 bits per heavy atom. The van der Waals surface area contributed by atoms with Crippen molar-refractivity contribution in [2.45, 2.75) is 6.42 Å². The van der Waals surface area contributed by atoms with E-state index < -0.39 is 5.95 Å². The number of pyridine rings is 2. The summed E-state index contributed by atoms with van der Waals surface area (Å²) in [7, 11) is 0. The van der Waals surface area contributed by atoms with Crippen LogP contribution in [0.25, 0.3) is 5.69 Å². The Hall–Kier alpha value is -3.81. The topological polar surface area (TPSA) is 91.7 Å². The minimum absolute atomic E-state index is 0.206. The van der Waals surface area contributed by atoms with E-state index in [2.05, 4.69) is 20.3 Å². The maximum atomic E-state index is 13.1. The minimum Gasteiger partial charge on any atom is -0.439 e. The van der Waals surface area contributed by atoms with Gasteiger partial charge in [-0.1, -0.05) is 23.4 Å². The van der Waals surface area contributed by atoms with Crippen molar-refractivity contribution in [1.82, 2.24) is 25.0 Å². The average molecular weight is 362 g/mol. The van der Waals surface area contributed by atoms with Crippen LogP contribution in [-0.2, 0) is 6.42 Å². The zero-order chi connectivity index (χ0) is 18.6. The van der Waals surface area contributed by atoms with Gasteiger partial charge in [0.2, 0.25) is 11.8 Å². The number of aromatic nitrogens is 5. The van der Waals surface area contributed by atoms with Crippen LogP contribution >= 0.6 is 0 Å². The lowest BCUT2D eigenvalue weighted by Gasteiger charge is -2.09. The molecule has 4 aromatic rings. The molecule has 0 radical (unpaired) electrons. The monoisotopic (exact) mass is 362 g/mol. The van der Waals surface area contributed by atoms with E-state index in [0.717, 1.165) is 11.3 Å². The SMILES string of the molecule is Nc1ncccc1-n1nncc1Cc1ccc(Oc2cccc(F)n2)cc1. The number of halogens is 1. The number of hydrogen-bond acceptors (Lipinski definition) is 6. The van der Waals surface area contributed by atoms with Crippen LogP contribution in [0.1, 0.15) is 11.3 Å². The fourth-order valence-electron chi connectivity index (χ4n) is 2.62. The van der Waals surface area contributed by atoms with E-state index >= 15 is 0 Å². The highest BCUT2D eigenvalue weighted by Crippen LogP contribution is 2.22. The number of nitrogens with two attached hydrogens (primary N) is 1. The molecule has 0 saturated heterocycles.